The fourth-order valence-electron chi connectivity index (χ4n) is 0.565. The van der Waals surface area contributed by atoms with E-state index in [0.717, 1.165) is 6.42 Å². The Morgan fingerprint density at radius 1 is 1.88 bits per heavy atom. The maximum Gasteiger partial charge on any atom is 0.367 e. The van der Waals surface area contributed by atoms with E-state index in [1.807, 2.05) is 6.92 Å². The van der Waals surface area contributed by atoms with E-state index >= 15 is 0 Å². The first-order valence-electron chi connectivity index (χ1n) is 2.62. The predicted octanol–water partition coefficient (Wildman–Crippen LogP) is 1.65. The number of ether oxygens (including phenoxy) is 1. The van der Waals surface area contributed by atoms with Crippen LogP contribution in [0.5, 0.6) is 0 Å². The maximum absolute atomic E-state index is 10.4. The highest BCUT2D eigenvalue weighted by Gasteiger charge is 2.16. The van der Waals surface area contributed by atoms with Gasteiger partial charge in [0.2, 0.25) is 0 Å². The molecule has 8 heavy (non-hydrogen) atoms. The number of hydrogen-bond donors (Lipinski definition) is 0. The Hall–Kier alpha value is -0.180. The van der Waals surface area contributed by atoms with Crippen molar-refractivity contribution in [3.8, 4) is 0 Å². The number of hydrogen-bond acceptors (Lipinski definition) is 3. The van der Waals surface area contributed by atoms with Crippen LogP contribution < -0.4 is 0 Å². The Bertz CT molecular complexity index is 103. The van der Waals surface area contributed by atoms with Crippen molar-refractivity contribution in [1.82, 2.24) is 0 Å². The molecule has 46 valence electrons. The standard InChI is InChI=1S/C5H8O2S/c1-4-2-3-7-5(6)8-4/h4H,2-3H2,1H3. The molecular weight excluding hydrogens is 124 g/mol. The van der Waals surface area contributed by atoms with Gasteiger partial charge in [-0.1, -0.05) is 6.92 Å². The first kappa shape index (κ1) is 5.95. The third-order valence-corrected chi connectivity index (χ3v) is 1.99. The number of carbonyl (C=O) groups excluding carboxylic acids is 1. The van der Waals surface area contributed by atoms with E-state index in [9.17, 15) is 4.79 Å². The van der Waals surface area contributed by atoms with Gasteiger partial charge in [-0.15, -0.1) is 0 Å². The molecule has 0 N–H and O–H groups in total. The van der Waals surface area contributed by atoms with Crippen LogP contribution in [0.2, 0.25) is 0 Å². The SMILES string of the molecule is CC1CCOC(=O)S1. The van der Waals surface area contributed by atoms with Crippen LogP contribution in [0.1, 0.15) is 13.3 Å². The summed E-state index contributed by atoms with van der Waals surface area (Å²) in [4.78, 5) is 10.4. The van der Waals surface area contributed by atoms with Gasteiger partial charge in [-0.25, -0.2) is 4.79 Å². The largest absolute Gasteiger partial charge is 0.458 e. The van der Waals surface area contributed by atoms with Gasteiger partial charge < -0.3 is 4.74 Å². The van der Waals surface area contributed by atoms with Crippen LogP contribution in [0, 0.1) is 0 Å². The third kappa shape index (κ3) is 1.40. The molecule has 1 fully saturated rings. The van der Waals surface area contributed by atoms with Crippen LogP contribution in [0.25, 0.3) is 0 Å². The molecule has 1 aliphatic rings. The van der Waals surface area contributed by atoms with Crippen molar-refractivity contribution in [2.24, 2.45) is 0 Å². The van der Waals surface area contributed by atoms with Gasteiger partial charge in [-0.05, 0) is 18.2 Å². The molecule has 0 aliphatic carbocycles. The van der Waals surface area contributed by atoms with Crippen molar-refractivity contribution in [1.29, 1.82) is 0 Å². The fourth-order valence-corrected chi connectivity index (χ4v) is 1.26. The van der Waals surface area contributed by atoms with Gasteiger partial charge in [0.05, 0.1) is 6.61 Å². The van der Waals surface area contributed by atoms with E-state index < -0.39 is 0 Å². The summed E-state index contributed by atoms with van der Waals surface area (Å²) in [5.41, 5.74) is 0. The summed E-state index contributed by atoms with van der Waals surface area (Å²) >= 11 is 1.28. The van der Waals surface area contributed by atoms with E-state index in [1.165, 1.54) is 11.8 Å². The summed E-state index contributed by atoms with van der Waals surface area (Å²) in [6.45, 7) is 2.64. The molecule has 1 saturated heterocycles. The minimum absolute atomic E-state index is 0.122. The molecule has 0 amide bonds. The summed E-state index contributed by atoms with van der Waals surface area (Å²) in [6.07, 6.45) is 0.996. The van der Waals surface area contributed by atoms with Gasteiger partial charge >= 0.3 is 5.30 Å². The van der Waals surface area contributed by atoms with Crippen molar-refractivity contribution < 1.29 is 9.53 Å². The minimum Gasteiger partial charge on any atom is -0.458 e. The van der Waals surface area contributed by atoms with Crippen LogP contribution in [0.15, 0.2) is 0 Å². The lowest BCUT2D eigenvalue weighted by atomic mass is 10.3. The van der Waals surface area contributed by atoms with Gasteiger partial charge in [0.25, 0.3) is 0 Å². The molecule has 0 bridgehead atoms. The summed E-state index contributed by atoms with van der Waals surface area (Å²) in [5, 5.41) is 0.333. The molecule has 0 radical (unpaired) electrons. The molecule has 1 unspecified atom stereocenters. The summed E-state index contributed by atoms with van der Waals surface area (Å²) in [5.74, 6) is 0. The summed E-state index contributed by atoms with van der Waals surface area (Å²) in [6, 6.07) is 0. The first-order chi connectivity index (χ1) is 3.79. The van der Waals surface area contributed by atoms with Crippen LogP contribution in [-0.4, -0.2) is 17.2 Å². The molecule has 1 atom stereocenters. The topological polar surface area (TPSA) is 26.3 Å². The highest BCUT2D eigenvalue weighted by molar-refractivity contribution is 8.13. The van der Waals surface area contributed by atoms with Crippen molar-refractivity contribution in [2.45, 2.75) is 18.6 Å². The molecule has 0 aromatic carbocycles. The second-order valence-electron chi connectivity index (χ2n) is 1.82. The summed E-state index contributed by atoms with van der Waals surface area (Å²) in [7, 11) is 0. The van der Waals surface area contributed by atoms with Crippen LogP contribution in [0.3, 0.4) is 0 Å². The highest BCUT2D eigenvalue weighted by atomic mass is 32.2. The molecule has 3 heteroatoms. The Labute approximate surface area is 52.6 Å². The second-order valence-corrected chi connectivity index (χ2v) is 3.19. The quantitative estimate of drug-likeness (QED) is 0.469. The molecule has 0 spiro atoms. The molecule has 2 nitrogen and oxygen atoms in total. The monoisotopic (exact) mass is 132 g/mol. The number of rotatable bonds is 0. The molecule has 1 aliphatic heterocycles. The second kappa shape index (κ2) is 2.40. The fraction of sp³-hybridized carbons (Fsp3) is 0.800. The van der Waals surface area contributed by atoms with E-state index in [0.29, 0.717) is 11.9 Å². The Balaban J connectivity index is 2.34. The van der Waals surface area contributed by atoms with Gasteiger partial charge in [0.1, 0.15) is 0 Å². The Morgan fingerprint density at radius 2 is 2.62 bits per heavy atom. The third-order valence-electron chi connectivity index (χ3n) is 1.04. The minimum atomic E-state index is -0.122. The zero-order valence-corrected chi connectivity index (χ0v) is 5.53. The molecular formula is C5H8O2S. The van der Waals surface area contributed by atoms with E-state index in [1.54, 1.807) is 0 Å². The molecule has 0 aromatic rings. The van der Waals surface area contributed by atoms with Crippen LogP contribution >= 0.6 is 11.8 Å². The van der Waals surface area contributed by atoms with Gasteiger partial charge in [0.15, 0.2) is 0 Å². The molecule has 0 aromatic heterocycles. The lowest BCUT2D eigenvalue weighted by Crippen LogP contribution is -2.14. The smallest absolute Gasteiger partial charge is 0.367 e. The molecule has 1 heterocycles. The van der Waals surface area contributed by atoms with E-state index in [-0.39, 0.29) is 5.30 Å². The van der Waals surface area contributed by atoms with Crippen LogP contribution in [0.4, 0.5) is 4.79 Å². The zero-order chi connectivity index (χ0) is 5.98. The van der Waals surface area contributed by atoms with Crippen LogP contribution in [-0.2, 0) is 4.74 Å². The molecule has 1 rings (SSSR count). The predicted molar refractivity (Wildman–Crippen MR) is 33.0 cm³/mol. The molecule has 0 saturated carbocycles. The van der Waals surface area contributed by atoms with Gasteiger partial charge in [-0.2, -0.15) is 0 Å². The van der Waals surface area contributed by atoms with Crippen molar-refractivity contribution >= 4 is 17.1 Å². The summed E-state index contributed by atoms with van der Waals surface area (Å²) < 4.78 is 4.67. The highest BCUT2D eigenvalue weighted by Crippen LogP contribution is 2.21. The van der Waals surface area contributed by atoms with Crippen molar-refractivity contribution in [3.05, 3.63) is 0 Å². The lowest BCUT2D eigenvalue weighted by molar-refractivity contribution is 0.169. The number of cyclic esters (lactones) is 1. The average molecular weight is 132 g/mol. The first-order valence-corrected chi connectivity index (χ1v) is 3.50. The lowest BCUT2D eigenvalue weighted by Gasteiger charge is -2.15. The van der Waals surface area contributed by atoms with E-state index in [2.05, 4.69) is 4.74 Å². The Kier molecular flexibility index (Phi) is 1.78. The van der Waals surface area contributed by atoms with E-state index in [4.69, 9.17) is 0 Å². The zero-order valence-electron chi connectivity index (χ0n) is 4.72. The van der Waals surface area contributed by atoms with Crippen molar-refractivity contribution in [2.75, 3.05) is 6.61 Å². The van der Waals surface area contributed by atoms with Gasteiger partial charge in [0, 0.05) is 5.25 Å². The number of thioether (sulfide) groups is 1. The van der Waals surface area contributed by atoms with Crippen molar-refractivity contribution in [3.63, 3.8) is 0 Å². The Morgan fingerprint density at radius 3 is 3.00 bits per heavy atom. The average Bonchev–Trinajstić information content (AvgIpc) is 1.64. The number of carbonyl (C=O) groups is 1. The maximum atomic E-state index is 10.4. The normalized spacial score (nSPS) is 29.6. The van der Waals surface area contributed by atoms with Gasteiger partial charge in [-0.3, -0.25) is 0 Å².